The normalized spacial score (nSPS) is 16.6. The van der Waals surface area contributed by atoms with Crippen molar-refractivity contribution in [2.45, 2.75) is 26.4 Å². The summed E-state index contributed by atoms with van der Waals surface area (Å²) in [6, 6.07) is 19.0. The van der Waals surface area contributed by atoms with E-state index in [1.807, 2.05) is 81.4 Å². The molecule has 0 saturated carbocycles. The maximum Gasteiger partial charge on any atom is 0.295 e. The summed E-state index contributed by atoms with van der Waals surface area (Å²) in [5, 5.41) is 11.7. The molecule has 38 heavy (non-hydrogen) atoms. The zero-order valence-corrected chi connectivity index (χ0v) is 22.7. The molecule has 0 aromatic heterocycles. The predicted octanol–water partition coefficient (Wildman–Crippen LogP) is 5.83. The molecule has 0 radical (unpaired) electrons. The van der Waals surface area contributed by atoms with E-state index >= 15 is 0 Å². The van der Waals surface area contributed by atoms with Crippen molar-refractivity contribution in [1.29, 1.82) is 0 Å². The van der Waals surface area contributed by atoms with Crippen molar-refractivity contribution in [3.05, 3.63) is 94.0 Å². The van der Waals surface area contributed by atoms with Crippen molar-refractivity contribution in [1.82, 2.24) is 4.90 Å². The van der Waals surface area contributed by atoms with Gasteiger partial charge in [0, 0.05) is 31.9 Å². The first-order valence-corrected chi connectivity index (χ1v) is 12.8. The summed E-state index contributed by atoms with van der Waals surface area (Å²) in [6.07, 6.45) is 0. The van der Waals surface area contributed by atoms with Crippen molar-refractivity contribution < 1.29 is 24.2 Å². The molecule has 1 fully saturated rings. The SMILES string of the molecule is CCOc1ccc(CN2C(=O)C(=O)/C(=C(/O)c3cc(OCC)ccc3Cl)C2c2ccc(N(C)C)cc2)cc1. The standard InChI is InChI=1S/C30H31ClN2O5/c1-5-37-22-13-7-19(8-14-22)18-33-27(20-9-11-21(12-10-20)32(3)4)26(29(35)30(33)36)28(34)24-17-23(38-6-2)15-16-25(24)31/h7-17,27,34H,5-6,18H2,1-4H3/b28-26+. The third-order valence-corrected chi connectivity index (χ3v) is 6.69. The van der Waals surface area contributed by atoms with E-state index < -0.39 is 17.7 Å². The highest BCUT2D eigenvalue weighted by molar-refractivity contribution is 6.47. The molecule has 0 aliphatic carbocycles. The molecule has 1 aliphatic rings. The first-order valence-electron chi connectivity index (χ1n) is 12.4. The molecule has 7 nitrogen and oxygen atoms in total. The topological polar surface area (TPSA) is 79.3 Å². The fourth-order valence-corrected chi connectivity index (χ4v) is 4.69. The number of aliphatic hydroxyl groups is 1. The lowest BCUT2D eigenvalue weighted by molar-refractivity contribution is -0.140. The molecule has 1 N–H and O–H groups in total. The van der Waals surface area contributed by atoms with Crippen LogP contribution in [0.1, 0.15) is 36.6 Å². The second-order valence-electron chi connectivity index (χ2n) is 9.06. The largest absolute Gasteiger partial charge is 0.507 e. The Balaban J connectivity index is 1.83. The molecule has 1 saturated heterocycles. The Labute approximate surface area is 227 Å². The van der Waals surface area contributed by atoms with E-state index in [0.717, 1.165) is 17.0 Å². The zero-order valence-electron chi connectivity index (χ0n) is 21.9. The summed E-state index contributed by atoms with van der Waals surface area (Å²) in [5.41, 5.74) is 2.69. The summed E-state index contributed by atoms with van der Waals surface area (Å²) in [4.78, 5) is 30.2. The second-order valence-corrected chi connectivity index (χ2v) is 9.47. The number of ether oxygens (including phenoxy) is 2. The van der Waals surface area contributed by atoms with Crippen molar-refractivity contribution >= 4 is 34.7 Å². The molecule has 1 atom stereocenters. The van der Waals surface area contributed by atoms with E-state index in [2.05, 4.69) is 0 Å². The maximum atomic E-state index is 13.4. The molecule has 8 heteroatoms. The average molecular weight is 535 g/mol. The van der Waals surface area contributed by atoms with Crippen LogP contribution in [0.25, 0.3) is 5.76 Å². The highest BCUT2D eigenvalue weighted by Gasteiger charge is 2.46. The van der Waals surface area contributed by atoms with Gasteiger partial charge in [-0.3, -0.25) is 9.59 Å². The van der Waals surface area contributed by atoms with Crippen LogP contribution in [-0.2, 0) is 16.1 Å². The van der Waals surface area contributed by atoms with Gasteiger partial charge < -0.3 is 24.4 Å². The number of amides is 1. The summed E-state index contributed by atoms with van der Waals surface area (Å²) < 4.78 is 11.1. The van der Waals surface area contributed by atoms with E-state index in [0.29, 0.717) is 24.5 Å². The van der Waals surface area contributed by atoms with Gasteiger partial charge >= 0.3 is 0 Å². The van der Waals surface area contributed by atoms with Crippen LogP contribution in [0, 0.1) is 0 Å². The van der Waals surface area contributed by atoms with Crippen LogP contribution in [0.4, 0.5) is 5.69 Å². The van der Waals surface area contributed by atoms with Crippen LogP contribution in [0.2, 0.25) is 5.02 Å². The molecule has 1 heterocycles. The number of halogens is 1. The van der Waals surface area contributed by atoms with Crippen LogP contribution in [0.5, 0.6) is 11.5 Å². The van der Waals surface area contributed by atoms with Gasteiger partial charge in [-0.2, -0.15) is 0 Å². The molecular weight excluding hydrogens is 504 g/mol. The quantitative estimate of drug-likeness (QED) is 0.211. The first-order chi connectivity index (χ1) is 18.2. The minimum Gasteiger partial charge on any atom is -0.507 e. The monoisotopic (exact) mass is 534 g/mol. The maximum absolute atomic E-state index is 13.4. The van der Waals surface area contributed by atoms with Gasteiger partial charge in [-0.05, 0) is 67.4 Å². The number of hydrogen-bond donors (Lipinski definition) is 1. The average Bonchev–Trinajstić information content (AvgIpc) is 3.15. The van der Waals surface area contributed by atoms with Crippen molar-refractivity contribution in [2.75, 3.05) is 32.2 Å². The molecule has 4 rings (SSSR count). The number of Topliss-reactive ketones (excluding diaryl/α,β-unsaturated/α-hetero) is 1. The number of carbonyl (C=O) groups excluding carboxylic acids is 2. The summed E-state index contributed by atoms with van der Waals surface area (Å²) in [6.45, 7) is 4.89. The van der Waals surface area contributed by atoms with Gasteiger partial charge in [-0.1, -0.05) is 35.9 Å². The number of ketones is 1. The summed E-state index contributed by atoms with van der Waals surface area (Å²) in [7, 11) is 3.86. The van der Waals surface area contributed by atoms with Crippen molar-refractivity contribution in [3.63, 3.8) is 0 Å². The number of likely N-dealkylation sites (tertiary alicyclic amines) is 1. The Morgan fingerprint density at radius 1 is 0.921 bits per heavy atom. The number of benzene rings is 3. The van der Waals surface area contributed by atoms with Gasteiger partial charge in [0.25, 0.3) is 11.7 Å². The number of rotatable bonds is 9. The Hall–Kier alpha value is -3.97. The molecular formula is C30H31ClN2O5. The van der Waals surface area contributed by atoms with Gasteiger partial charge in [0.05, 0.1) is 29.9 Å². The van der Waals surface area contributed by atoms with Crippen LogP contribution in [0.3, 0.4) is 0 Å². The fourth-order valence-electron chi connectivity index (χ4n) is 4.49. The van der Waals surface area contributed by atoms with Crippen LogP contribution in [0.15, 0.2) is 72.3 Å². The number of carbonyl (C=O) groups is 2. The number of anilines is 1. The zero-order chi connectivity index (χ0) is 27.4. The summed E-state index contributed by atoms with van der Waals surface area (Å²) >= 11 is 6.43. The predicted molar refractivity (Wildman–Crippen MR) is 149 cm³/mol. The lowest BCUT2D eigenvalue weighted by Gasteiger charge is -2.26. The second kappa shape index (κ2) is 11.6. The molecule has 0 bridgehead atoms. The van der Waals surface area contributed by atoms with E-state index in [-0.39, 0.29) is 28.5 Å². The minimum absolute atomic E-state index is 0.0194. The van der Waals surface area contributed by atoms with E-state index in [1.165, 1.54) is 4.90 Å². The van der Waals surface area contributed by atoms with E-state index in [1.54, 1.807) is 18.2 Å². The third-order valence-electron chi connectivity index (χ3n) is 6.36. The van der Waals surface area contributed by atoms with Crippen molar-refractivity contribution in [3.8, 4) is 11.5 Å². The molecule has 3 aromatic rings. The fraction of sp³-hybridized carbons (Fsp3) is 0.267. The lowest BCUT2D eigenvalue weighted by Crippen LogP contribution is -2.29. The highest BCUT2D eigenvalue weighted by Crippen LogP contribution is 2.42. The molecule has 1 aliphatic heterocycles. The number of aliphatic hydroxyl groups excluding tert-OH is 1. The van der Waals surface area contributed by atoms with Gasteiger partial charge in [0.1, 0.15) is 17.3 Å². The van der Waals surface area contributed by atoms with Gasteiger partial charge in [0.2, 0.25) is 0 Å². The Morgan fingerprint density at radius 2 is 1.53 bits per heavy atom. The van der Waals surface area contributed by atoms with Crippen LogP contribution < -0.4 is 14.4 Å². The first kappa shape index (κ1) is 27.1. The third kappa shape index (κ3) is 5.48. The smallest absolute Gasteiger partial charge is 0.295 e. The van der Waals surface area contributed by atoms with Gasteiger partial charge in [-0.15, -0.1) is 0 Å². The van der Waals surface area contributed by atoms with Crippen LogP contribution in [-0.4, -0.2) is 49.0 Å². The molecule has 198 valence electrons. The molecule has 0 spiro atoms. The number of nitrogens with zero attached hydrogens (tertiary/aromatic N) is 2. The Kier molecular flexibility index (Phi) is 8.27. The molecule has 1 amide bonds. The lowest BCUT2D eigenvalue weighted by atomic mass is 9.94. The Morgan fingerprint density at radius 3 is 2.13 bits per heavy atom. The highest BCUT2D eigenvalue weighted by atomic mass is 35.5. The number of hydrogen-bond acceptors (Lipinski definition) is 6. The van der Waals surface area contributed by atoms with Crippen molar-refractivity contribution in [2.24, 2.45) is 0 Å². The van der Waals surface area contributed by atoms with E-state index in [4.69, 9.17) is 21.1 Å². The van der Waals surface area contributed by atoms with E-state index in [9.17, 15) is 14.7 Å². The van der Waals surface area contributed by atoms with Gasteiger partial charge in [0.15, 0.2) is 0 Å². The molecule has 3 aromatic carbocycles. The minimum atomic E-state index is -0.815. The van der Waals surface area contributed by atoms with Crippen LogP contribution >= 0.6 is 11.6 Å². The summed E-state index contributed by atoms with van der Waals surface area (Å²) in [5.74, 6) is -0.593. The van der Waals surface area contributed by atoms with Gasteiger partial charge in [-0.25, -0.2) is 0 Å². The Bertz CT molecular complexity index is 1350. The molecule has 1 unspecified atom stereocenters.